The van der Waals surface area contributed by atoms with Crippen molar-refractivity contribution >= 4 is 11.2 Å². The normalized spacial score (nSPS) is 22.0. The van der Waals surface area contributed by atoms with Crippen LogP contribution in [0.1, 0.15) is 31.1 Å². The minimum absolute atomic E-state index is 0.412. The fourth-order valence-corrected chi connectivity index (χ4v) is 2.87. The predicted molar refractivity (Wildman–Crippen MR) is 53.0 cm³/mol. The molecule has 1 aliphatic heterocycles. The van der Waals surface area contributed by atoms with Crippen LogP contribution in [0, 0.1) is 0 Å². The van der Waals surface area contributed by atoms with E-state index in [0.717, 1.165) is 12.2 Å². The molecule has 0 amide bonds. The fraction of sp³-hybridized carbons (Fsp3) is 0.667. The first kappa shape index (κ1) is 9.09. The molecule has 0 saturated heterocycles. The summed E-state index contributed by atoms with van der Waals surface area (Å²) in [5, 5.41) is 4.31. The zero-order chi connectivity index (χ0) is 9.42. The number of nitrogens with zero attached hydrogens (tertiary/aromatic N) is 2. The highest BCUT2D eigenvalue weighted by molar-refractivity contribution is 7.90. The van der Waals surface area contributed by atoms with Gasteiger partial charge in [0, 0.05) is 18.0 Å². The summed E-state index contributed by atoms with van der Waals surface area (Å²) in [7, 11) is 0. The summed E-state index contributed by atoms with van der Waals surface area (Å²) >= 11 is -0.655. The first-order chi connectivity index (χ1) is 6.18. The summed E-state index contributed by atoms with van der Waals surface area (Å²) in [5.74, 6) is 1.49. The van der Waals surface area contributed by atoms with Gasteiger partial charge in [0.15, 0.2) is 0 Å². The Balaban J connectivity index is 2.33. The summed E-state index contributed by atoms with van der Waals surface area (Å²) in [6.07, 6.45) is 2.78. The Morgan fingerprint density at radius 3 is 3.08 bits per heavy atom. The fourth-order valence-electron chi connectivity index (χ4n) is 1.72. The Labute approximate surface area is 81.3 Å². The first-order valence-corrected chi connectivity index (χ1v) is 6.07. The van der Waals surface area contributed by atoms with Gasteiger partial charge in [-0.2, -0.15) is 5.10 Å². The molecule has 2 heterocycles. The molecular formula is C9H14N2OS. The molecule has 4 heteroatoms. The zero-order valence-corrected chi connectivity index (χ0v) is 8.80. The maximum atomic E-state index is 11.3. The van der Waals surface area contributed by atoms with Crippen molar-refractivity contribution in [1.82, 2.24) is 9.78 Å². The minimum Gasteiger partial charge on any atom is -0.616 e. The quantitative estimate of drug-likeness (QED) is 0.638. The Morgan fingerprint density at radius 2 is 2.38 bits per heavy atom. The third-order valence-corrected chi connectivity index (χ3v) is 3.65. The number of fused-ring (bicyclic) bond motifs is 1. The summed E-state index contributed by atoms with van der Waals surface area (Å²) in [6.45, 7) is 4.25. The zero-order valence-electron chi connectivity index (χ0n) is 7.99. The Kier molecular flexibility index (Phi) is 2.34. The topological polar surface area (TPSA) is 40.9 Å². The van der Waals surface area contributed by atoms with E-state index in [1.807, 2.05) is 10.9 Å². The lowest BCUT2D eigenvalue weighted by atomic mass is 10.2. The number of hydrogen-bond acceptors (Lipinski definition) is 2. The molecule has 0 fully saturated rings. The molecule has 1 aromatic heterocycles. The van der Waals surface area contributed by atoms with Gasteiger partial charge in [-0.3, -0.25) is 4.68 Å². The van der Waals surface area contributed by atoms with E-state index in [1.54, 1.807) is 0 Å². The average Bonchev–Trinajstić information content (AvgIpc) is 2.46. The van der Waals surface area contributed by atoms with Crippen molar-refractivity contribution in [2.45, 2.75) is 32.1 Å². The van der Waals surface area contributed by atoms with Crippen LogP contribution in [0.4, 0.5) is 0 Å². The second kappa shape index (κ2) is 3.35. The Bertz CT molecular complexity index is 309. The van der Waals surface area contributed by atoms with E-state index >= 15 is 0 Å². The summed E-state index contributed by atoms with van der Waals surface area (Å²) in [6, 6.07) is 0.412. The van der Waals surface area contributed by atoms with Crippen molar-refractivity contribution in [2.24, 2.45) is 0 Å². The van der Waals surface area contributed by atoms with Crippen LogP contribution in [0.15, 0.2) is 6.20 Å². The van der Waals surface area contributed by atoms with Crippen LogP contribution in [-0.4, -0.2) is 20.1 Å². The molecule has 1 aromatic rings. The second-order valence-corrected chi connectivity index (χ2v) is 5.27. The maximum absolute atomic E-state index is 11.3. The molecule has 0 aliphatic carbocycles. The summed E-state index contributed by atoms with van der Waals surface area (Å²) in [5.41, 5.74) is 2.47. The largest absolute Gasteiger partial charge is 0.616 e. The third-order valence-electron chi connectivity index (χ3n) is 2.36. The monoisotopic (exact) mass is 198 g/mol. The van der Waals surface area contributed by atoms with Gasteiger partial charge in [-0.1, -0.05) is 0 Å². The van der Waals surface area contributed by atoms with Crippen LogP contribution in [0.5, 0.6) is 0 Å². The number of hydrogen-bond donors (Lipinski definition) is 0. The van der Waals surface area contributed by atoms with Crippen molar-refractivity contribution in [3.63, 3.8) is 0 Å². The lowest BCUT2D eigenvalue weighted by molar-refractivity contribution is 0.508. The van der Waals surface area contributed by atoms with Crippen molar-refractivity contribution in [3.05, 3.63) is 17.5 Å². The molecular weight excluding hydrogens is 184 g/mol. The highest BCUT2D eigenvalue weighted by Gasteiger charge is 2.23. The standard InChI is InChI=1S/C9H14N2OS/c1-7(2)11-9-3-4-13(12)6-8(9)5-10-11/h5,7H,3-4,6H2,1-2H3. The number of rotatable bonds is 1. The van der Waals surface area contributed by atoms with E-state index in [4.69, 9.17) is 0 Å². The van der Waals surface area contributed by atoms with Crippen molar-refractivity contribution < 1.29 is 4.55 Å². The van der Waals surface area contributed by atoms with Crippen LogP contribution < -0.4 is 0 Å². The van der Waals surface area contributed by atoms with E-state index < -0.39 is 11.2 Å². The lowest BCUT2D eigenvalue weighted by Gasteiger charge is -2.19. The highest BCUT2D eigenvalue weighted by Crippen LogP contribution is 2.22. The Hall–Kier alpha value is -0.480. The molecule has 0 aromatic carbocycles. The number of aromatic nitrogens is 2. The van der Waals surface area contributed by atoms with Gasteiger partial charge in [0.25, 0.3) is 0 Å². The van der Waals surface area contributed by atoms with Gasteiger partial charge >= 0.3 is 0 Å². The van der Waals surface area contributed by atoms with E-state index in [-0.39, 0.29) is 0 Å². The van der Waals surface area contributed by atoms with Crippen LogP contribution >= 0.6 is 0 Å². The molecule has 1 unspecified atom stereocenters. The molecule has 2 rings (SSSR count). The van der Waals surface area contributed by atoms with Gasteiger partial charge in [-0.15, -0.1) is 0 Å². The maximum Gasteiger partial charge on any atom is 0.133 e. The van der Waals surface area contributed by atoms with Gasteiger partial charge in [-0.25, -0.2) is 0 Å². The minimum atomic E-state index is -0.655. The molecule has 72 valence electrons. The lowest BCUT2D eigenvalue weighted by Crippen LogP contribution is -2.21. The van der Waals surface area contributed by atoms with Crippen molar-refractivity contribution in [2.75, 3.05) is 5.75 Å². The summed E-state index contributed by atoms with van der Waals surface area (Å²) < 4.78 is 13.3. The SMILES string of the molecule is CC(C)n1ncc2c1CC[S+]([O-])C2. The van der Waals surface area contributed by atoms with Gasteiger partial charge < -0.3 is 4.55 Å². The molecule has 1 aliphatic rings. The van der Waals surface area contributed by atoms with Gasteiger partial charge in [0.05, 0.1) is 11.9 Å². The molecule has 0 saturated carbocycles. The predicted octanol–water partition coefficient (Wildman–Crippen LogP) is 1.27. The van der Waals surface area contributed by atoms with Gasteiger partial charge in [0.2, 0.25) is 0 Å². The smallest absolute Gasteiger partial charge is 0.133 e. The first-order valence-electron chi connectivity index (χ1n) is 4.58. The van der Waals surface area contributed by atoms with Crippen LogP contribution in [0.3, 0.4) is 0 Å². The van der Waals surface area contributed by atoms with Gasteiger partial charge in [-0.05, 0) is 25.0 Å². The van der Waals surface area contributed by atoms with E-state index in [2.05, 4.69) is 18.9 Å². The van der Waals surface area contributed by atoms with Crippen LogP contribution in [0.25, 0.3) is 0 Å². The molecule has 0 N–H and O–H groups in total. The average molecular weight is 198 g/mol. The highest BCUT2D eigenvalue weighted by atomic mass is 32.2. The van der Waals surface area contributed by atoms with Crippen molar-refractivity contribution in [3.8, 4) is 0 Å². The van der Waals surface area contributed by atoms with Gasteiger partial charge in [0.1, 0.15) is 11.5 Å². The summed E-state index contributed by atoms with van der Waals surface area (Å²) in [4.78, 5) is 0. The van der Waals surface area contributed by atoms with E-state index in [0.29, 0.717) is 11.8 Å². The van der Waals surface area contributed by atoms with Crippen LogP contribution in [-0.2, 0) is 23.3 Å². The van der Waals surface area contributed by atoms with Crippen LogP contribution in [0.2, 0.25) is 0 Å². The molecule has 0 spiro atoms. The second-order valence-electron chi connectivity index (χ2n) is 3.69. The van der Waals surface area contributed by atoms with E-state index in [9.17, 15) is 4.55 Å². The molecule has 0 bridgehead atoms. The van der Waals surface area contributed by atoms with Crippen molar-refractivity contribution in [1.29, 1.82) is 0 Å². The third kappa shape index (κ3) is 1.60. The Morgan fingerprint density at radius 1 is 1.62 bits per heavy atom. The molecule has 0 radical (unpaired) electrons. The van der Waals surface area contributed by atoms with E-state index in [1.165, 1.54) is 11.3 Å². The molecule has 13 heavy (non-hydrogen) atoms. The molecule has 3 nitrogen and oxygen atoms in total. The molecule has 1 atom stereocenters.